The maximum absolute atomic E-state index is 4.89. The molecule has 0 N–H and O–H groups in total. The molecule has 0 bridgehead atoms. The van der Waals surface area contributed by atoms with Crippen molar-refractivity contribution in [2.24, 2.45) is 0 Å². The van der Waals surface area contributed by atoms with E-state index in [1.54, 1.807) is 0 Å². The third-order valence-corrected chi connectivity index (χ3v) is 4.94. The average Bonchev–Trinajstić information content (AvgIpc) is 2.45. The van der Waals surface area contributed by atoms with E-state index in [9.17, 15) is 0 Å². The van der Waals surface area contributed by atoms with Crippen LogP contribution in [0, 0.1) is 0 Å². The summed E-state index contributed by atoms with van der Waals surface area (Å²) in [6, 6.07) is 2.09. The van der Waals surface area contributed by atoms with Crippen LogP contribution in [0.25, 0.3) is 0 Å². The van der Waals surface area contributed by atoms with E-state index in [2.05, 4.69) is 52.6 Å². The van der Waals surface area contributed by atoms with Gasteiger partial charge in [-0.25, -0.2) is 9.97 Å². The Kier molecular flexibility index (Phi) is 4.89. The zero-order valence-electron chi connectivity index (χ0n) is 12.9. The van der Waals surface area contributed by atoms with Crippen molar-refractivity contribution in [2.45, 2.75) is 78.1 Å². The Labute approximate surface area is 112 Å². The standard InChI is InChI=1S/C16H28N2/c1-7-15(5,8-2)13-11-12-17-14(18-13)16(6,9-3)10-4/h11-12H,7-10H2,1-6H3. The Morgan fingerprint density at radius 3 is 1.83 bits per heavy atom. The molecular formula is C16H28N2. The van der Waals surface area contributed by atoms with E-state index in [1.165, 1.54) is 5.69 Å². The summed E-state index contributed by atoms with van der Waals surface area (Å²) < 4.78 is 0. The lowest BCUT2D eigenvalue weighted by Crippen LogP contribution is -2.27. The predicted molar refractivity (Wildman–Crippen MR) is 77.9 cm³/mol. The first kappa shape index (κ1) is 15.1. The van der Waals surface area contributed by atoms with E-state index in [4.69, 9.17) is 4.98 Å². The van der Waals surface area contributed by atoms with Crippen LogP contribution in [0.2, 0.25) is 0 Å². The molecule has 2 heteroatoms. The second-order valence-electron chi connectivity index (χ2n) is 5.80. The van der Waals surface area contributed by atoms with Gasteiger partial charge in [0.15, 0.2) is 0 Å². The summed E-state index contributed by atoms with van der Waals surface area (Å²) in [5.74, 6) is 1.01. The molecule has 18 heavy (non-hydrogen) atoms. The maximum Gasteiger partial charge on any atom is 0.134 e. The van der Waals surface area contributed by atoms with Crippen LogP contribution in [0.1, 0.15) is 78.7 Å². The summed E-state index contributed by atoms with van der Waals surface area (Å²) in [6.45, 7) is 13.5. The van der Waals surface area contributed by atoms with Gasteiger partial charge >= 0.3 is 0 Å². The van der Waals surface area contributed by atoms with Crippen molar-refractivity contribution in [3.05, 3.63) is 23.8 Å². The van der Waals surface area contributed by atoms with Crippen molar-refractivity contribution < 1.29 is 0 Å². The Morgan fingerprint density at radius 1 is 0.889 bits per heavy atom. The fraction of sp³-hybridized carbons (Fsp3) is 0.750. The fourth-order valence-electron chi connectivity index (χ4n) is 2.16. The molecular weight excluding hydrogens is 220 g/mol. The molecule has 1 rings (SSSR count). The van der Waals surface area contributed by atoms with Crippen LogP contribution in [0.5, 0.6) is 0 Å². The monoisotopic (exact) mass is 248 g/mol. The van der Waals surface area contributed by atoms with Gasteiger partial charge in [0.05, 0.1) is 0 Å². The highest BCUT2D eigenvalue weighted by molar-refractivity contribution is 5.17. The van der Waals surface area contributed by atoms with E-state index in [-0.39, 0.29) is 10.8 Å². The molecule has 0 unspecified atom stereocenters. The molecule has 0 aliphatic rings. The maximum atomic E-state index is 4.89. The molecule has 0 aliphatic carbocycles. The van der Waals surface area contributed by atoms with Gasteiger partial charge in [0.2, 0.25) is 0 Å². The minimum absolute atomic E-state index is 0.110. The van der Waals surface area contributed by atoms with Gasteiger partial charge < -0.3 is 0 Å². The lowest BCUT2D eigenvalue weighted by atomic mass is 9.80. The van der Waals surface area contributed by atoms with E-state index in [1.807, 2.05) is 6.20 Å². The summed E-state index contributed by atoms with van der Waals surface area (Å²) >= 11 is 0. The van der Waals surface area contributed by atoms with Crippen LogP contribution in [0.3, 0.4) is 0 Å². The van der Waals surface area contributed by atoms with Crippen molar-refractivity contribution in [2.75, 3.05) is 0 Å². The van der Waals surface area contributed by atoms with Gasteiger partial charge in [0.25, 0.3) is 0 Å². The second kappa shape index (κ2) is 5.81. The average molecular weight is 248 g/mol. The third-order valence-electron chi connectivity index (χ3n) is 4.94. The smallest absolute Gasteiger partial charge is 0.134 e. The van der Waals surface area contributed by atoms with Crippen LogP contribution in [-0.2, 0) is 10.8 Å². The van der Waals surface area contributed by atoms with Crippen LogP contribution in [0.4, 0.5) is 0 Å². The molecule has 0 saturated carbocycles. The van der Waals surface area contributed by atoms with Gasteiger partial charge in [-0.1, -0.05) is 41.5 Å². The molecule has 0 spiro atoms. The quantitative estimate of drug-likeness (QED) is 0.733. The molecule has 2 nitrogen and oxygen atoms in total. The zero-order valence-corrected chi connectivity index (χ0v) is 12.9. The van der Waals surface area contributed by atoms with Crippen molar-refractivity contribution in [3.8, 4) is 0 Å². The molecule has 1 aromatic heterocycles. The Morgan fingerprint density at radius 2 is 1.39 bits per heavy atom. The topological polar surface area (TPSA) is 25.8 Å². The number of rotatable bonds is 6. The van der Waals surface area contributed by atoms with Crippen molar-refractivity contribution in [1.82, 2.24) is 9.97 Å². The molecule has 0 saturated heterocycles. The summed E-state index contributed by atoms with van der Waals surface area (Å²) in [4.78, 5) is 9.41. The Bertz CT molecular complexity index is 343. The fourth-order valence-corrected chi connectivity index (χ4v) is 2.16. The van der Waals surface area contributed by atoms with E-state index >= 15 is 0 Å². The highest BCUT2D eigenvalue weighted by Gasteiger charge is 2.29. The predicted octanol–water partition coefficient (Wildman–Crippen LogP) is 4.63. The van der Waals surface area contributed by atoms with E-state index in [0.29, 0.717) is 0 Å². The SMILES string of the molecule is CCC(C)(CC)c1ccnc(C(C)(CC)CC)n1. The van der Waals surface area contributed by atoms with E-state index in [0.717, 1.165) is 31.5 Å². The van der Waals surface area contributed by atoms with Gasteiger partial charge in [-0.05, 0) is 31.7 Å². The number of hydrogen-bond acceptors (Lipinski definition) is 2. The van der Waals surface area contributed by atoms with Crippen LogP contribution < -0.4 is 0 Å². The molecule has 0 aromatic carbocycles. The van der Waals surface area contributed by atoms with Crippen LogP contribution >= 0.6 is 0 Å². The summed E-state index contributed by atoms with van der Waals surface area (Å²) in [6.07, 6.45) is 6.35. The summed E-state index contributed by atoms with van der Waals surface area (Å²) in [5, 5.41) is 0. The molecule has 0 radical (unpaired) electrons. The number of hydrogen-bond donors (Lipinski definition) is 0. The highest BCUT2D eigenvalue weighted by atomic mass is 14.9. The molecule has 0 amide bonds. The van der Waals surface area contributed by atoms with Crippen molar-refractivity contribution in [3.63, 3.8) is 0 Å². The summed E-state index contributed by atoms with van der Waals surface area (Å²) in [7, 11) is 0. The number of nitrogens with zero attached hydrogens (tertiary/aromatic N) is 2. The Balaban J connectivity index is 3.21. The normalized spacial score (nSPS) is 12.8. The van der Waals surface area contributed by atoms with Gasteiger partial charge in [0.1, 0.15) is 5.82 Å². The third kappa shape index (κ3) is 2.73. The lowest BCUT2D eigenvalue weighted by Gasteiger charge is -2.29. The minimum Gasteiger partial charge on any atom is -0.241 e. The second-order valence-corrected chi connectivity index (χ2v) is 5.80. The number of aromatic nitrogens is 2. The molecule has 1 heterocycles. The van der Waals surface area contributed by atoms with Crippen molar-refractivity contribution in [1.29, 1.82) is 0 Å². The van der Waals surface area contributed by atoms with Gasteiger partial charge in [-0.2, -0.15) is 0 Å². The Hall–Kier alpha value is -0.920. The minimum atomic E-state index is 0.110. The molecule has 1 aromatic rings. The highest BCUT2D eigenvalue weighted by Crippen LogP contribution is 2.32. The largest absolute Gasteiger partial charge is 0.241 e. The van der Waals surface area contributed by atoms with Gasteiger partial charge in [-0.3, -0.25) is 0 Å². The van der Waals surface area contributed by atoms with Crippen LogP contribution in [0.15, 0.2) is 12.3 Å². The molecule has 0 aliphatic heterocycles. The van der Waals surface area contributed by atoms with Gasteiger partial charge in [-0.15, -0.1) is 0 Å². The lowest BCUT2D eigenvalue weighted by molar-refractivity contribution is 0.389. The van der Waals surface area contributed by atoms with Crippen LogP contribution in [-0.4, -0.2) is 9.97 Å². The molecule has 0 fully saturated rings. The van der Waals surface area contributed by atoms with Crippen molar-refractivity contribution >= 4 is 0 Å². The molecule has 102 valence electrons. The summed E-state index contributed by atoms with van der Waals surface area (Å²) in [5.41, 5.74) is 1.49. The molecule has 0 atom stereocenters. The first-order valence-electron chi connectivity index (χ1n) is 7.29. The van der Waals surface area contributed by atoms with E-state index < -0.39 is 0 Å². The van der Waals surface area contributed by atoms with Gasteiger partial charge in [0, 0.05) is 22.7 Å². The zero-order chi connectivity index (χ0) is 13.8. The first-order valence-corrected chi connectivity index (χ1v) is 7.29. The first-order chi connectivity index (χ1) is 8.45.